The summed E-state index contributed by atoms with van der Waals surface area (Å²) in [5.41, 5.74) is 0. The summed E-state index contributed by atoms with van der Waals surface area (Å²) < 4.78 is 39.3. The average Bonchev–Trinajstić information content (AvgIpc) is 2.82. The Kier molecular flexibility index (Phi) is 4.15. The van der Waals surface area contributed by atoms with Gasteiger partial charge >= 0.3 is 0 Å². The molecule has 1 aliphatic heterocycles. The summed E-state index contributed by atoms with van der Waals surface area (Å²) >= 11 is 5.64. The molecule has 1 heterocycles. The van der Waals surface area contributed by atoms with E-state index in [9.17, 15) is 12.8 Å². The van der Waals surface area contributed by atoms with Crippen LogP contribution in [0.4, 0.5) is 4.39 Å². The van der Waals surface area contributed by atoms with Crippen LogP contribution in [0, 0.1) is 5.82 Å². The minimum absolute atomic E-state index is 0.0401. The van der Waals surface area contributed by atoms with Gasteiger partial charge in [-0.15, -0.1) is 0 Å². The van der Waals surface area contributed by atoms with Gasteiger partial charge in [0.1, 0.15) is 5.82 Å². The molecule has 1 saturated heterocycles. The Hall–Kier alpha value is -0.690. The number of benzene rings is 1. The van der Waals surface area contributed by atoms with Crippen LogP contribution < -0.4 is 0 Å². The first-order valence-electron chi connectivity index (χ1n) is 5.94. The van der Waals surface area contributed by atoms with Crippen molar-refractivity contribution < 1.29 is 12.8 Å². The molecule has 7 heteroatoms. The van der Waals surface area contributed by atoms with Crippen molar-refractivity contribution >= 4 is 21.6 Å². The normalized spacial score (nSPS) is 21.2. The number of hydrogen-bond acceptors (Lipinski definition) is 3. The van der Waals surface area contributed by atoms with E-state index in [4.69, 9.17) is 11.6 Å². The number of likely N-dealkylation sites (N-methyl/N-ethyl adjacent to an activating group) is 1. The highest BCUT2D eigenvalue weighted by atomic mass is 35.5. The maximum absolute atomic E-state index is 13.1. The van der Waals surface area contributed by atoms with Crippen LogP contribution in [0.2, 0.25) is 5.02 Å². The lowest BCUT2D eigenvalue weighted by molar-refractivity contribution is 0.302. The molecule has 0 spiro atoms. The zero-order valence-corrected chi connectivity index (χ0v) is 12.4. The Labute approximate surface area is 117 Å². The van der Waals surface area contributed by atoms with Crippen molar-refractivity contribution in [2.45, 2.75) is 17.4 Å². The van der Waals surface area contributed by atoms with Crippen molar-refractivity contribution in [3.8, 4) is 0 Å². The van der Waals surface area contributed by atoms with Gasteiger partial charge in [-0.1, -0.05) is 11.6 Å². The van der Waals surface area contributed by atoms with E-state index in [1.165, 1.54) is 10.4 Å². The van der Waals surface area contributed by atoms with E-state index < -0.39 is 15.8 Å². The fraction of sp³-hybridized carbons (Fsp3) is 0.500. The van der Waals surface area contributed by atoms with Crippen molar-refractivity contribution in [2.75, 3.05) is 27.2 Å². The second kappa shape index (κ2) is 5.36. The third-order valence-corrected chi connectivity index (χ3v) is 5.54. The fourth-order valence-electron chi connectivity index (χ4n) is 2.14. The Morgan fingerprint density at radius 1 is 1.42 bits per heavy atom. The summed E-state index contributed by atoms with van der Waals surface area (Å²) in [5.74, 6) is -0.617. The highest BCUT2D eigenvalue weighted by Gasteiger charge is 2.33. The zero-order valence-electron chi connectivity index (χ0n) is 10.8. The van der Waals surface area contributed by atoms with E-state index in [1.807, 2.05) is 19.0 Å². The van der Waals surface area contributed by atoms with Gasteiger partial charge in [-0.2, -0.15) is 4.31 Å². The Balaban J connectivity index is 2.26. The number of rotatable bonds is 3. The molecule has 0 amide bonds. The smallest absolute Gasteiger partial charge is 0.243 e. The Morgan fingerprint density at radius 2 is 2.11 bits per heavy atom. The molecule has 0 bridgehead atoms. The topological polar surface area (TPSA) is 40.6 Å². The Morgan fingerprint density at radius 3 is 2.63 bits per heavy atom. The minimum Gasteiger partial charge on any atom is -0.305 e. The molecule has 1 aliphatic rings. The summed E-state index contributed by atoms with van der Waals surface area (Å²) in [6.45, 7) is 0.921. The number of hydrogen-bond donors (Lipinski definition) is 0. The quantitative estimate of drug-likeness (QED) is 0.855. The summed E-state index contributed by atoms with van der Waals surface area (Å²) in [6, 6.07) is 3.70. The molecular formula is C12H16ClFN2O2S. The first-order chi connectivity index (χ1) is 8.82. The van der Waals surface area contributed by atoms with Crippen LogP contribution in [0.1, 0.15) is 6.42 Å². The Bertz CT molecular complexity index is 577. The highest BCUT2D eigenvalue weighted by Crippen LogP contribution is 2.25. The van der Waals surface area contributed by atoms with Crippen LogP contribution in [-0.2, 0) is 10.0 Å². The van der Waals surface area contributed by atoms with E-state index in [-0.39, 0.29) is 16.0 Å². The summed E-state index contributed by atoms with van der Waals surface area (Å²) in [4.78, 5) is 2.05. The molecule has 0 radical (unpaired) electrons. The van der Waals surface area contributed by atoms with Crippen LogP contribution in [0.5, 0.6) is 0 Å². The predicted molar refractivity (Wildman–Crippen MR) is 72.3 cm³/mol. The molecule has 0 N–H and O–H groups in total. The predicted octanol–water partition coefficient (Wildman–Crippen LogP) is 1.80. The van der Waals surface area contributed by atoms with Gasteiger partial charge in [0.2, 0.25) is 10.0 Å². The molecule has 1 aromatic rings. The van der Waals surface area contributed by atoms with Crippen molar-refractivity contribution in [3.63, 3.8) is 0 Å². The molecule has 4 nitrogen and oxygen atoms in total. The van der Waals surface area contributed by atoms with Gasteiger partial charge in [0.25, 0.3) is 0 Å². The molecule has 19 heavy (non-hydrogen) atoms. The van der Waals surface area contributed by atoms with Gasteiger partial charge in [0.15, 0.2) is 0 Å². The van der Waals surface area contributed by atoms with Crippen LogP contribution in [0.25, 0.3) is 0 Å². The lowest BCUT2D eigenvalue weighted by atomic mass is 10.2. The van der Waals surface area contributed by atoms with Gasteiger partial charge in [-0.3, -0.25) is 0 Å². The number of sulfonamides is 1. The molecule has 0 aromatic heterocycles. The van der Waals surface area contributed by atoms with Crippen LogP contribution in [-0.4, -0.2) is 50.8 Å². The van der Waals surface area contributed by atoms with Gasteiger partial charge in [-0.25, -0.2) is 12.8 Å². The molecule has 1 atom stereocenters. The van der Waals surface area contributed by atoms with Crippen molar-refractivity contribution in [2.24, 2.45) is 0 Å². The average molecular weight is 307 g/mol. The van der Waals surface area contributed by atoms with Crippen LogP contribution >= 0.6 is 11.6 Å². The minimum atomic E-state index is -3.59. The van der Waals surface area contributed by atoms with Crippen LogP contribution in [0.15, 0.2) is 23.1 Å². The molecule has 1 unspecified atom stereocenters. The standard InChI is InChI=1S/C12H16ClFN2O2S/c1-15(2)9-5-6-16(8-9)19(17,18)10-3-4-12(14)11(13)7-10/h3-4,7,9H,5-6,8H2,1-2H3. The maximum Gasteiger partial charge on any atom is 0.243 e. The number of halogens is 2. The first kappa shape index (κ1) is 14.7. The fourth-order valence-corrected chi connectivity index (χ4v) is 3.90. The lowest BCUT2D eigenvalue weighted by Gasteiger charge is -2.20. The molecule has 1 aromatic carbocycles. The summed E-state index contributed by atoms with van der Waals surface area (Å²) in [7, 11) is 0.263. The molecule has 1 fully saturated rings. The van der Waals surface area contributed by atoms with Crippen molar-refractivity contribution in [1.82, 2.24) is 9.21 Å². The summed E-state index contributed by atoms with van der Waals surface area (Å²) in [5, 5.41) is -0.176. The third kappa shape index (κ3) is 2.91. The molecule has 106 valence electrons. The molecular weight excluding hydrogens is 291 g/mol. The first-order valence-corrected chi connectivity index (χ1v) is 7.76. The highest BCUT2D eigenvalue weighted by molar-refractivity contribution is 7.89. The van der Waals surface area contributed by atoms with Gasteiger partial charge in [-0.05, 0) is 38.7 Å². The van der Waals surface area contributed by atoms with E-state index in [0.717, 1.165) is 18.6 Å². The monoisotopic (exact) mass is 306 g/mol. The SMILES string of the molecule is CN(C)C1CCN(S(=O)(=O)c2ccc(F)c(Cl)c2)C1. The van der Waals surface area contributed by atoms with Crippen molar-refractivity contribution in [1.29, 1.82) is 0 Å². The van der Waals surface area contributed by atoms with E-state index in [2.05, 4.69) is 0 Å². The maximum atomic E-state index is 13.1. The largest absolute Gasteiger partial charge is 0.305 e. The van der Waals surface area contributed by atoms with Gasteiger partial charge in [0.05, 0.1) is 9.92 Å². The van der Waals surface area contributed by atoms with E-state index in [0.29, 0.717) is 13.1 Å². The van der Waals surface area contributed by atoms with Crippen molar-refractivity contribution in [3.05, 3.63) is 29.0 Å². The van der Waals surface area contributed by atoms with E-state index >= 15 is 0 Å². The number of nitrogens with zero attached hydrogens (tertiary/aromatic N) is 2. The van der Waals surface area contributed by atoms with Crippen LogP contribution in [0.3, 0.4) is 0 Å². The molecule has 2 rings (SSSR count). The van der Waals surface area contributed by atoms with Gasteiger partial charge < -0.3 is 4.90 Å². The molecule has 0 saturated carbocycles. The van der Waals surface area contributed by atoms with E-state index in [1.54, 1.807) is 0 Å². The second-order valence-corrected chi connectivity index (χ2v) is 7.19. The zero-order chi connectivity index (χ0) is 14.2. The summed E-state index contributed by atoms with van der Waals surface area (Å²) in [6.07, 6.45) is 0.793. The molecule has 0 aliphatic carbocycles. The lowest BCUT2D eigenvalue weighted by Crippen LogP contribution is -2.34. The second-order valence-electron chi connectivity index (χ2n) is 4.85. The van der Waals surface area contributed by atoms with Gasteiger partial charge in [0, 0.05) is 19.1 Å². The third-order valence-electron chi connectivity index (χ3n) is 3.39.